The Balaban J connectivity index is 2.64. The van der Waals surface area contributed by atoms with Gasteiger partial charge in [0.1, 0.15) is 6.61 Å². The van der Waals surface area contributed by atoms with E-state index < -0.39 is 10.1 Å². The third-order valence-corrected chi connectivity index (χ3v) is 4.80. The molecule has 0 aliphatic rings. The second kappa shape index (κ2) is 8.29. The number of aryl methyl sites for hydroxylation is 1. The van der Waals surface area contributed by atoms with E-state index in [0.29, 0.717) is 6.42 Å². The van der Waals surface area contributed by atoms with Crippen molar-refractivity contribution in [3.63, 3.8) is 0 Å². The molecule has 0 saturated carbocycles. The summed E-state index contributed by atoms with van der Waals surface area (Å²) >= 11 is 0. The summed E-state index contributed by atoms with van der Waals surface area (Å²) in [6.45, 7) is 5.50. The molecule has 4 nitrogen and oxygen atoms in total. The lowest BCUT2D eigenvalue weighted by atomic mass is 9.95. The van der Waals surface area contributed by atoms with Crippen LogP contribution in [-0.4, -0.2) is 20.8 Å². The number of unbranched alkanes of at least 4 members (excludes halogenated alkanes) is 1. The first-order valence-electron chi connectivity index (χ1n) is 7.39. The first-order valence-corrected chi connectivity index (χ1v) is 8.80. The van der Waals surface area contributed by atoms with Crippen LogP contribution in [0, 0.1) is 12.8 Å². The number of carbonyl (C=O) groups excluding carboxylic acids is 1. The number of carbonyl (C=O) groups is 1. The van der Waals surface area contributed by atoms with Gasteiger partial charge in [0.2, 0.25) is 0 Å². The monoisotopic (exact) mass is 312 g/mol. The lowest BCUT2D eigenvalue weighted by Crippen LogP contribution is -2.22. The molecule has 0 aliphatic carbocycles. The fourth-order valence-corrected chi connectivity index (χ4v) is 2.95. The van der Waals surface area contributed by atoms with E-state index in [9.17, 15) is 13.2 Å². The molecule has 5 heteroatoms. The quantitative estimate of drug-likeness (QED) is 0.655. The van der Waals surface area contributed by atoms with Gasteiger partial charge in [-0.05, 0) is 31.9 Å². The molecule has 0 aromatic heterocycles. The van der Waals surface area contributed by atoms with Crippen LogP contribution in [0.5, 0.6) is 0 Å². The molecule has 21 heavy (non-hydrogen) atoms. The molecule has 0 heterocycles. The highest BCUT2D eigenvalue weighted by Crippen LogP contribution is 2.17. The van der Waals surface area contributed by atoms with Crippen molar-refractivity contribution in [1.29, 1.82) is 0 Å². The molecule has 0 saturated heterocycles. The first kappa shape index (κ1) is 17.9. The van der Waals surface area contributed by atoms with Gasteiger partial charge in [-0.3, -0.25) is 8.98 Å². The van der Waals surface area contributed by atoms with Crippen molar-refractivity contribution in [2.45, 2.75) is 51.3 Å². The van der Waals surface area contributed by atoms with Crippen LogP contribution in [-0.2, 0) is 19.1 Å². The van der Waals surface area contributed by atoms with Crippen molar-refractivity contribution in [2.75, 3.05) is 6.61 Å². The van der Waals surface area contributed by atoms with E-state index in [0.717, 1.165) is 24.8 Å². The van der Waals surface area contributed by atoms with Gasteiger partial charge in [0.05, 0.1) is 4.90 Å². The topological polar surface area (TPSA) is 60.4 Å². The summed E-state index contributed by atoms with van der Waals surface area (Å²) in [7, 11) is -3.86. The summed E-state index contributed by atoms with van der Waals surface area (Å²) in [5, 5.41) is 0. The SMILES string of the molecule is CCCCC(CC)C(=O)COS(=O)(=O)c1ccc(C)cc1. The van der Waals surface area contributed by atoms with Crippen LogP contribution in [0.1, 0.15) is 45.1 Å². The molecule has 0 amide bonds. The number of benzene rings is 1. The van der Waals surface area contributed by atoms with Crippen LogP contribution in [0.3, 0.4) is 0 Å². The lowest BCUT2D eigenvalue weighted by molar-refractivity contribution is -0.125. The molecule has 0 aliphatic heterocycles. The van der Waals surface area contributed by atoms with E-state index in [4.69, 9.17) is 4.18 Å². The number of hydrogen-bond donors (Lipinski definition) is 0. The van der Waals surface area contributed by atoms with Crippen molar-refractivity contribution in [1.82, 2.24) is 0 Å². The van der Waals surface area contributed by atoms with Gasteiger partial charge in [-0.2, -0.15) is 8.42 Å². The summed E-state index contributed by atoms with van der Waals surface area (Å²) in [5.41, 5.74) is 0.968. The van der Waals surface area contributed by atoms with Gasteiger partial charge in [-0.15, -0.1) is 0 Å². The second-order valence-electron chi connectivity index (χ2n) is 5.24. The minimum absolute atomic E-state index is 0.0857. The number of Topliss-reactive ketones (excluding diaryl/α,β-unsaturated/α-hetero) is 1. The predicted molar refractivity (Wildman–Crippen MR) is 82.6 cm³/mol. The van der Waals surface area contributed by atoms with Gasteiger partial charge >= 0.3 is 0 Å². The van der Waals surface area contributed by atoms with Crippen LogP contribution in [0.4, 0.5) is 0 Å². The van der Waals surface area contributed by atoms with Crippen LogP contribution in [0.2, 0.25) is 0 Å². The zero-order valence-corrected chi connectivity index (χ0v) is 13.8. The maximum Gasteiger partial charge on any atom is 0.297 e. The molecule has 0 bridgehead atoms. The van der Waals surface area contributed by atoms with E-state index in [1.54, 1.807) is 12.1 Å². The van der Waals surface area contributed by atoms with E-state index >= 15 is 0 Å². The van der Waals surface area contributed by atoms with Crippen molar-refractivity contribution in [3.8, 4) is 0 Å². The van der Waals surface area contributed by atoms with Gasteiger partial charge in [-0.1, -0.05) is 44.4 Å². The molecule has 0 N–H and O–H groups in total. The molecule has 1 unspecified atom stereocenters. The second-order valence-corrected chi connectivity index (χ2v) is 6.86. The van der Waals surface area contributed by atoms with Gasteiger partial charge in [0, 0.05) is 5.92 Å². The fourth-order valence-electron chi connectivity index (χ4n) is 2.07. The average molecular weight is 312 g/mol. The Bertz CT molecular complexity index is 546. The Labute approximate surface area is 127 Å². The lowest BCUT2D eigenvalue weighted by Gasteiger charge is -2.13. The Morgan fingerprint density at radius 1 is 1.19 bits per heavy atom. The first-order chi connectivity index (χ1) is 9.90. The largest absolute Gasteiger partial charge is 0.297 e. The van der Waals surface area contributed by atoms with Crippen molar-refractivity contribution in [3.05, 3.63) is 29.8 Å². The van der Waals surface area contributed by atoms with Gasteiger partial charge in [0.15, 0.2) is 5.78 Å². The maximum absolute atomic E-state index is 12.0. The zero-order valence-electron chi connectivity index (χ0n) is 13.0. The Morgan fingerprint density at radius 3 is 2.33 bits per heavy atom. The Morgan fingerprint density at radius 2 is 1.81 bits per heavy atom. The highest BCUT2D eigenvalue weighted by molar-refractivity contribution is 7.86. The zero-order chi connectivity index (χ0) is 15.9. The standard InChI is InChI=1S/C16H24O4S/c1-4-6-7-14(5-2)16(17)12-20-21(18,19)15-10-8-13(3)9-11-15/h8-11,14H,4-7,12H2,1-3H3. The van der Waals surface area contributed by atoms with E-state index in [1.807, 2.05) is 13.8 Å². The number of rotatable bonds is 9. The molecule has 0 fully saturated rings. The Hall–Kier alpha value is -1.20. The van der Waals surface area contributed by atoms with E-state index in [-0.39, 0.29) is 23.2 Å². The third-order valence-electron chi connectivity index (χ3n) is 3.52. The summed E-state index contributed by atoms with van der Waals surface area (Å²) in [4.78, 5) is 12.1. The minimum Gasteiger partial charge on any atom is -0.297 e. The molecule has 1 aromatic carbocycles. The summed E-state index contributed by atoms with van der Waals surface area (Å²) in [5.74, 6) is -0.250. The predicted octanol–water partition coefficient (Wildman–Crippen LogP) is 3.49. The van der Waals surface area contributed by atoms with Crippen LogP contribution in [0.25, 0.3) is 0 Å². The minimum atomic E-state index is -3.86. The fraction of sp³-hybridized carbons (Fsp3) is 0.562. The molecule has 0 spiro atoms. The van der Waals surface area contributed by atoms with E-state index in [1.165, 1.54) is 12.1 Å². The summed E-state index contributed by atoms with van der Waals surface area (Å²) in [6.07, 6.45) is 3.49. The van der Waals surface area contributed by atoms with Crippen molar-refractivity contribution < 1.29 is 17.4 Å². The van der Waals surface area contributed by atoms with Crippen molar-refractivity contribution in [2.24, 2.45) is 5.92 Å². The molecular formula is C16H24O4S. The van der Waals surface area contributed by atoms with Crippen LogP contribution < -0.4 is 0 Å². The Kier molecular flexibility index (Phi) is 7.05. The third kappa shape index (κ3) is 5.59. The van der Waals surface area contributed by atoms with Crippen molar-refractivity contribution >= 4 is 15.9 Å². The van der Waals surface area contributed by atoms with Gasteiger partial charge in [-0.25, -0.2) is 0 Å². The van der Waals surface area contributed by atoms with Crippen LogP contribution in [0.15, 0.2) is 29.2 Å². The van der Waals surface area contributed by atoms with Gasteiger partial charge in [0.25, 0.3) is 10.1 Å². The molecule has 1 aromatic rings. The maximum atomic E-state index is 12.0. The highest BCUT2D eigenvalue weighted by atomic mass is 32.2. The van der Waals surface area contributed by atoms with E-state index in [2.05, 4.69) is 6.92 Å². The number of ketones is 1. The molecule has 0 radical (unpaired) electrons. The number of hydrogen-bond acceptors (Lipinski definition) is 4. The van der Waals surface area contributed by atoms with Crippen LogP contribution >= 0.6 is 0 Å². The molecule has 1 rings (SSSR count). The normalized spacial score (nSPS) is 13.1. The summed E-state index contributed by atoms with van der Waals surface area (Å²) in [6, 6.07) is 6.38. The molecule has 118 valence electrons. The average Bonchev–Trinajstić information content (AvgIpc) is 2.46. The summed E-state index contributed by atoms with van der Waals surface area (Å²) < 4.78 is 28.9. The molecular weight excluding hydrogens is 288 g/mol. The smallest absolute Gasteiger partial charge is 0.297 e. The molecule has 1 atom stereocenters. The van der Waals surface area contributed by atoms with Gasteiger partial charge < -0.3 is 0 Å². The highest BCUT2D eigenvalue weighted by Gasteiger charge is 2.21.